The van der Waals surface area contributed by atoms with Gasteiger partial charge in [0, 0.05) is 31.5 Å². The molecule has 2 aliphatic rings. The highest BCUT2D eigenvalue weighted by Gasteiger charge is 2.42. The van der Waals surface area contributed by atoms with E-state index in [1.807, 2.05) is 38.1 Å². The minimum absolute atomic E-state index is 0.0265. The predicted molar refractivity (Wildman–Crippen MR) is 133 cm³/mol. The normalized spacial score (nSPS) is 20.0. The van der Waals surface area contributed by atoms with Gasteiger partial charge in [-0.15, -0.1) is 0 Å². The number of nitrogens with zero attached hydrogens (tertiary/aromatic N) is 1. The van der Waals surface area contributed by atoms with Gasteiger partial charge in [0.15, 0.2) is 0 Å². The molecule has 0 bridgehead atoms. The Morgan fingerprint density at radius 1 is 1.09 bits per heavy atom. The van der Waals surface area contributed by atoms with E-state index >= 15 is 0 Å². The molecule has 1 fully saturated rings. The first-order chi connectivity index (χ1) is 16.9. The summed E-state index contributed by atoms with van der Waals surface area (Å²) in [5, 5.41) is 12.5. The van der Waals surface area contributed by atoms with Crippen LogP contribution in [0.2, 0.25) is 0 Å². The number of aliphatic carboxylic acids is 1. The molecule has 2 amide bonds. The Morgan fingerprint density at radius 3 is 2.29 bits per heavy atom. The van der Waals surface area contributed by atoms with E-state index in [0.29, 0.717) is 32.2 Å². The highest BCUT2D eigenvalue weighted by atomic mass is 16.5. The van der Waals surface area contributed by atoms with E-state index in [-0.39, 0.29) is 37.4 Å². The van der Waals surface area contributed by atoms with Crippen LogP contribution >= 0.6 is 0 Å². The number of alkyl carbamates (subject to hydrolysis) is 1. The average Bonchev–Trinajstić information content (AvgIpc) is 3.20. The zero-order chi connectivity index (χ0) is 25.0. The summed E-state index contributed by atoms with van der Waals surface area (Å²) >= 11 is 0. The summed E-state index contributed by atoms with van der Waals surface area (Å²) in [5.74, 6) is -1.00. The van der Waals surface area contributed by atoms with Gasteiger partial charge in [0.1, 0.15) is 6.61 Å². The third-order valence-electron chi connectivity index (χ3n) is 7.64. The van der Waals surface area contributed by atoms with Crippen molar-refractivity contribution < 1.29 is 24.2 Å². The number of rotatable bonds is 8. The van der Waals surface area contributed by atoms with E-state index < -0.39 is 17.5 Å². The van der Waals surface area contributed by atoms with E-state index in [2.05, 4.69) is 29.6 Å². The summed E-state index contributed by atoms with van der Waals surface area (Å²) in [4.78, 5) is 39.1. The quantitative estimate of drug-likeness (QED) is 0.568. The smallest absolute Gasteiger partial charge is 0.407 e. The molecule has 1 aliphatic carbocycles. The first-order valence-electron chi connectivity index (χ1n) is 12.5. The number of benzene rings is 2. The molecule has 186 valence electrons. The number of piperidine rings is 1. The second kappa shape index (κ2) is 10.5. The fourth-order valence-corrected chi connectivity index (χ4v) is 5.40. The maximum Gasteiger partial charge on any atom is 0.407 e. The SMILES string of the molecule is CCC(CC(=O)N1CCCC(CC)(C(=O)O)C1)NC(=O)OCC1c2ccccc2-c2ccccc21. The van der Waals surface area contributed by atoms with Crippen molar-refractivity contribution in [1.29, 1.82) is 0 Å². The van der Waals surface area contributed by atoms with E-state index in [1.165, 1.54) is 11.1 Å². The third-order valence-corrected chi connectivity index (χ3v) is 7.64. The molecule has 0 aromatic heterocycles. The standard InChI is InChI=1S/C28H34N2O5/c1-3-19(16-25(31)30-15-9-14-28(4-2,18-30)26(32)33)29-27(34)35-17-24-22-12-7-5-10-20(22)21-11-6-8-13-23(21)24/h5-8,10-13,19,24H,3-4,9,14-18H2,1-2H3,(H,29,34)(H,32,33). The van der Waals surface area contributed by atoms with Gasteiger partial charge in [-0.05, 0) is 47.9 Å². The summed E-state index contributed by atoms with van der Waals surface area (Å²) in [6, 6.07) is 16.0. The maximum atomic E-state index is 13.0. The summed E-state index contributed by atoms with van der Waals surface area (Å²) in [7, 11) is 0. The van der Waals surface area contributed by atoms with Gasteiger partial charge in [-0.25, -0.2) is 4.79 Å². The number of carboxylic acids is 1. The van der Waals surface area contributed by atoms with Crippen LogP contribution < -0.4 is 5.32 Å². The number of carbonyl (C=O) groups excluding carboxylic acids is 2. The van der Waals surface area contributed by atoms with Crippen molar-refractivity contribution >= 4 is 18.0 Å². The fourth-order valence-electron chi connectivity index (χ4n) is 5.40. The molecular weight excluding hydrogens is 444 g/mol. The summed E-state index contributed by atoms with van der Waals surface area (Å²) in [5.41, 5.74) is 3.74. The van der Waals surface area contributed by atoms with E-state index in [9.17, 15) is 19.5 Å². The first-order valence-corrected chi connectivity index (χ1v) is 12.5. The molecule has 2 N–H and O–H groups in total. The first kappa shape index (κ1) is 24.8. The molecule has 1 heterocycles. The van der Waals surface area contributed by atoms with Crippen LogP contribution in [0, 0.1) is 5.41 Å². The molecule has 35 heavy (non-hydrogen) atoms. The molecule has 4 rings (SSSR count). The molecule has 2 aromatic rings. The molecular formula is C28H34N2O5. The van der Waals surface area contributed by atoms with Crippen LogP contribution in [0.1, 0.15) is 63.0 Å². The van der Waals surface area contributed by atoms with Crippen LogP contribution in [0.15, 0.2) is 48.5 Å². The Bertz CT molecular complexity index is 1050. The van der Waals surface area contributed by atoms with Crippen LogP contribution in [-0.2, 0) is 14.3 Å². The van der Waals surface area contributed by atoms with E-state index in [0.717, 1.165) is 11.1 Å². The van der Waals surface area contributed by atoms with Gasteiger partial charge in [-0.3, -0.25) is 9.59 Å². The van der Waals surface area contributed by atoms with Gasteiger partial charge in [-0.2, -0.15) is 0 Å². The number of amides is 2. The molecule has 7 nitrogen and oxygen atoms in total. The molecule has 0 spiro atoms. The lowest BCUT2D eigenvalue weighted by molar-refractivity contribution is -0.155. The van der Waals surface area contributed by atoms with Crippen molar-refractivity contribution in [3.8, 4) is 11.1 Å². The molecule has 7 heteroatoms. The summed E-state index contributed by atoms with van der Waals surface area (Å²) in [6.45, 7) is 4.75. The lowest BCUT2D eigenvalue weighted by atomic mass is 9.77. The number of fused-ring (bicyclic) bond motifs is 3. The van der Waals surface area contributed by atoms with Gasteiger partial charge in [0.2, 0.25) is 5.91 Å². The van der Waals surface area contributed by atoms with Gasteiger partial charge in [0.25, 0.3) is 0 Å². The van der Waals surface area contributed by atoms with Gasteiger partial charge >= 0.3 is 12.1 Å². The average molecular weight is 479 g/mol. The van der Waals surface area contributed by atoms with Crippen LogP contribution in [0.25, 0.3) is 11.1 Å². The number of likely N-dealkylation sites (tertiary alicyclic amines) is 1. The van der Waals surface area contributed by atoms with Crippen molar-refractivity contribution in [3.63, 3.8) is 0 Å². The molecule has 1 saturated heterocycles. The van der Waals surface area contributed by atoms with Crippen LogP contribution in [0.4, 0.5) is 4.79 Å². The van der Waals surface area contributed by atoms with E-state index in [1.54, 1.807) is 4.90 Å². The summed E-state index contributed by atoms with van der Waals surface area (Å²) in [6.07, 6.45) is 1.89. The molecule has 0 saturated carbocycles. The second-order valence-corrected chi connectivity index (χ2v) is 9.64. The predicted octanol–water partition coefficient (Wildman–Crippen LogP) is 4.80. The van der Waals surface area contributed by atoms with Crippen molar-refractivity contribution in [3.05, 3.63) is 59.7 Å². The zero-order valence-corrected chi connectivity index (χ0v) is 20.5. The van der Waals surface area contributed by atoms with Crippen molar-refractivity contribution in [2.75, 3.05) is 19.7 Å². The van der Waals surface area contributed by atoms with Crippen LogP contribution in [-0.4, -0.2) is 53.7 Å². The number of carbonyl (C=O) groups is 3. The number of carboxylic acid groups (broad SMARTS) is 1. The highest BCUT2D eigenvalue weighted by molar-refractivity contribution is 5.81. The van der Waals surface area contributed by atoms with Crippen molar-refractivity contribution in [2.24, 2.45) is 5.41 Å². The molecule has 2 unspecified atom stereocenters. The Morgan fingerprint density at radius 2 is 1.71 bits per heavy atom. The fraction of sp³-hybridized carbons (Fsp3) is 0.464. The topological polar surface area (TPSA) is 95.9 Å². The lowest BCUT2D eigenvalue weighted by Gasteiger charge is -2.39. The molecule has 1 aliphatic heterocycles. The van der Waals surface area contributed by atoms with Crippen LogP contribution in [0.3, 0.4) is 0 Å². The lowest BCUT2D eigenvalue weighted by Crippen LogP contribution is -2.51. The number of ether oxygens (including phenoxy) is 1. The molecule has 0 radical (unpaired) electrons. The Hall–Kier alpha value is -3.35. The van der Waals surface area contributed by atoms with Gasteiger partial charge < -0.3 is 20.1 Å². The second-order valence-electron chi connectivity index (χ2n) is 9.64. The Labute approximate surface area is 206 Å². The molecule has 2 aromatic carbocycles. The number of hydrogen-bond donors (Lipinski definition) is 2. The Kier molecular flexibility index (Phi) is 7.43. The molecule has 2 atom stereocenters. The van der Waals surface area contributed by atoms with Gasteiger partial charge in [-0.1, -0.05) is 62.4 Å². The van der Waals surface area contributed by atoms with E-state index in [4.69, 9.17) is 4.74 Å². The Balaban J connectivity index is 1.34. The zero-order valence-electron chi connectivity index (χ0n) is 20.5. The van der Waals surface area contributed by atoms with Crippen molar-refractivity contribution in [2.45, 2.75) is 57.9 Å². The monoisotopic (exact) mass is 478 g/mol. The minimum atomic E-state index is -0.879. The highest BCUT2D eigenvalue weighted by Crippen LogP contribution is 2.44. The number of nitrogens with one attached hydrogen (secondary N) is 1. The summed E-state index contributed by atoms with van der Waals surface area (Å²) < 4.78 is 5.63. The van der Waals surface area contributed by atoms with Gasteiger partial charge in [0.05, 0.1) is 5.41 Å². The van der Waals surface area contributed by atoms with Crippen molar-refractivity contribution in [1.82, 2.24) is 10.2 Å². The largest absolute Gasteiger partial charge is 0.481 e. The van der Waals surface area contributed by atoms with Crippen LogP contribution in [0.5, 0.6) is 0 Å². The third kappa shape index (κ3) is 5.04. The number of hydrogen-bond acceptors (Lipinski definition) is 4. The minimum Gasteiger partial charge on any atom is -0.481 e. The maximum absolute atomic E-state index is 13.0.